The molecule has 0 N–H and O–H groups in total. The summed E-state index contributed by atoms with van der Waals surface area (Å²) < 4.78 is 2.39. The zero-order chi connectivity index (χ0) is 38.6. The molecule has 2 aliphatic rings. The number of anilines is 2. The average molecular weight is 743 g/mol. The zero-order valence-corrected chi connectivity index (χ0v) is 32.4. The van der Waals surface area contributed by atoms with Crippen molar-refractivity contribution in [2.45, 2.75) is 18.4 Å². The number of para-hydroxylation sites is 3. The quantitative estimate of drug-likeness (QED) is 0.158. The van der Waals surface area contributed by atoms with E-state index in [1.807, 2.05) is 0 Å². The Morgan fingerprint density at radius 3 is 1.81 bits per heavy atom. The lowest BCUT2D eigenvalue weighted by Crippen LogP contribution is -2.35. The molecule has 8 aromatic carbocycles. The SMILES string of the molecule is CC1C=C(c2ccc3c(c2)-c2ccccc2C3(c2ccccc2)c2ccccc2)C=CC1N(c1ccccc1)c1ccc2c(c1)c1ccccc1n2-c1ccccc1. The standard InChI is InChI=1S/C56H42N2/c1-39-36-40(41-30-33-52-49(37-41)47-26-14-16-28-51(47)56(52,42-18-6-2-7-19-42)43-20-8-3-9-21-43)31-34-53(39)57(44-22-10-4-11-23-44)46-32-35-55-50(38-46)48-27-15-17-29-54(48)58(55)45-24-12-5-13-25-45/h2-39,53H,1H3. The highest BCUT2D eigenvalue weighted by molar-refractivity contribution is 6.10. The number of hydrogen-bond acceptors (Lipinski definition) is 1. The van der Waals surface area contributed by atoms with Crippen molar-refractivity contribution in [1.82, 2.24) is 4.57 Å². The van der Waals surface area contributed by atoms with Gasteiger partial charge in [0, 0.05) is 27.8 Å². The van der Waals surface area contributed by atoms with Crippen LogP contribution >= 0.6 is 0 Å². The van der Waals surface area contributed by atoms with Crippen molar-refractivity contribution in [2.75, 3.05) is 4.90 Å². The van der Waals surface area contributed by atoms with Crippen molar-refractivity contribution < 1.29 is 0 Å². The Bertz CT molecular complexity index is 2970. The largest absolute Gasteiger partial charge is 0.334 e. The van der Waals surface area contributed by atoms with Crippen LogP contribution in [0.4, 0.5) is 11.4 Å². The summed E-state index contributed by atoms with van der Waals surface area (Å²) in [4.78, 5) is 2.52. The summed E-state index contributed by atoms with van der Waals surface area (Å²) in [6, 6.07) is 75.7. The molecule has 2 atom stereocenters. The molecule has 276 valence electrons. The predicted molar refractivity (Wildman–Crippen MR) is 243 cm³/mol. The summed E-state index contributed by atoms with van der Waals surface area (Å²) in [5.41, 5.74) is 15.9. The van der Waals surface area contributed by atoms with Crippen molar-refractivity contribution in [2.24, 2.45) is 5.92 Å². The van der Waals surface area contributed by atoms with Crippen LogP contribution < -0.4 is 4.90 Å². The van der Waals surface area contributed by atoms with Crippen molar-refractivity contribution >= 4 is 38.8 Å². The van der Waals surface area contributed by atoms with E-state index in [0.29, 0.717) is 0 Å². The van der Waals surface area contributed by atoms with Gasteiger partial charge in [-0.3, -0.25) is 0 Å². The average Bonchev–Trinajstić information content (AvgIpc) is 3.78. The fourth-order valence-corrected chi connectivity index (χ4v) is 10.0. The van der Waals surface area contributed by atoms with Gasteiger partial charge in [0.15, 0.2) is 0 Å². The maximum atomic E-state index is 2.52. The van der Waals surface area contributed by atoms with Gasteiger partial charge in [0.25, 0.3) is 0 Å². The highest BCUT2D eigenvalue weighted by Gasteiger charge is 2.46. The maximum Gasteiger partial charge on any atom is 0.0713 e. The summed E-state index contributed by atoms with van der Waals surface area (Å²) in [6.07, 6.45) is 7.25. The number of rotatable bonds is 7. The third-order valence-electron chi connectivity index (χ3n) is 12.5. The summed E-state index contributed by atoms with van der Waals surface area (Å²) >= 11 is 0. The Hall–Kier alpha value is -7.16. The van der Waals surface area contributed by atoms with E-state index < -0.39 is 5.41 Å². The lowest BCUT2D eigenvalue weighted by molar-refractivity contribution is 0.612. The second kappa shape index (κ2) is 13.8. The Balaban J connectivity index is 1.00. The first kappa shape index (κ1) is 34.1. The van der Waals surface area contributed by atoms with Gasteiger partial charge in [-0.15, -0.1) is 0 Å². The van der Waals surface area contributed by atoms with Gasteiger partial charge in [-0.05, 0) is 105 Å². The predicted octanol–water partition coefficient (Wildman–Crippen LogP) is 13.9. The minimum Gasteiger partial charge on any atom is -0.334 e. The van der Waals surface area contributed by atoms with Crippen molar-refractivity contribution in [1.29, 1.82) is 0 Å². The molecule has 2 nitrogen and oxygen atoms in total. The van der Waals surface area contributed by atoms with E-state index in [2.05, 4.69) is 241 Å². The van der Waals surface area contributed by atoms with Gasteiger partial charge in [-0.1, -0.05) is 177 Å². The van der Waals surface area contributed by atoms with Crippen molar-refractivity contribution in [3.63, 3.8) is 0 Å². The normalized spacial score (nSPS) is 16.5. The van der Waals surface area contributed by atoms with Crippen molar-refractivity contribution in [3.8, 4) is 16.8 Å². The molecular formula is C56H42N2. The molecule has 1 aromatic heterocycles. The van der Waals surface area contributed by atoms with Crippen LogP contribution in [-0.4, -0.2) is 10.6 Å². The number of allylic oxidation sites excluding steroid dienone is 2. The van der Waals surface area contributed by atoms with Crippen LogP contribution in [-0.2, 0) is 5.41 Å². The van der Waals surface area contributed by atoms with Crippen LogP contribution in [0.3, 0.4) is 0 Å². The van der Waals surface area contributed by atoms with Gasteiger partial charge >= 0.3 is 0 Å². The number of nitrogens with zero attached hydrogens (tertiary/aromatic N) is 2. The molecule has 0 aliphatic heterocycles. The monoisotopic (exact) mass is 742 g/mol. The molecule has 1 heterocycles. The molecule has 0 saturated carbocycles. The number of hydrogen-bond donors (Lipinski definition) is 0. The summed E-state index contributed by atoms with van der Waals surface area (Å²) in [5, 5.41) is 2.51. The lowest BCUT2D eigenvalue weighted by Gasteiger charge is -2.37. The van der Waals surface area contributed by atoms with Gasteiger partial charge in [0.1, 0.15) is 0 Å². The molecule has 11 rings (SSSR count). The van der Waals surface area contributed by atoms with Crippen LogP contribution in [0.2, 0.25) is 0 Å². The Morgan fingerprint density at radius 1 is 0.483 bits per heavy atom. The maximum absolute atomic E-state index is 2.52. The molecule has 2 aliphatic carbocycles. The van der Waals surface area contributed by atoms with Crippen LogP contribution in [0.1, 0.15) is 34.7 Å². The van der Waals surface area contributed by atoms with Gasteiger partial charge < -0.3 is 9.47 Å². The summed E-state index contributed by atoms with van der Waals surface area (Å²) in [7, 11) is 0. The Kier molecular flexibility index (Phi) is 8.11. The van der Waals surface area contributed by atoms with Gasteiger partial charge in [-0.2, -0.15) is 0 Å². The molecule has 0 saturated heterocycles. The van der Waals surface area contributed by atoms with Crippen LogP contribution in [0.5, 0.6) is 0 Å². The first-order valence-electron chi connectivity index (χ1n) is 20.4. The first-order chi connectivity index (χ1) is 28.7. The fourth-order valence-electron chi connectivity index (χ4n) is 10.0. The molecule has 0 amide bonds. The Morgan fingerprint density at radius 2 is 1.09 bits per heavy atom. The molecular weight excluding hydrogens is 701 g/mol. The first-order valence-corrected chi connectivity index (χ1v) is 20.4. The molecule has 58 heavy (non-hydrogen) atoms. The fraction of sp³-hybridized carbons (Fsp3) is 0.0714. The molecule has 2 unspecified atom stereocenters. The minimum absolute atomic E-state index is 0.116. The van der Waals surface area contributed by atoms with Crippen molar-refractivity contribution in [3.05, 3.63) is 252 Å². The van der Waals surface area contributed by atoms with Crippen LogP contribution in [0.25, 0.3) is 44.2 Å². The van der Waals surface area contributed by atoms with Gasteiger partial charge in [0.2, 0.25) is 0 Å². The topological polar surface area (TPSA) is 8.17 Å². The third-order valence-corrected chi connectivity index (χ3v) is 12.5. The van der Waals surface area contributed by atoms with Gasteiger partial charge in [-0.25, -0.2) is 0 Å². The van der Waals surface area contributed by atoms with Gasteiger partial charge in [0.05, 0.1) is 22.5 Å². The molecule has 0 fully saturated rings. The Labute approximate surface area is 340 Å². The number of fused-ring (bicyclic) bond motifs is 6. The molecule has 9 aromatic rings. The second-order valence-corrected chi connectivity index (χ2v) is 15.7. The van der Waals surface area contributed by atoms with E-state index in [1.54, 1.807) is 0 Å². The second-order valence-electron chi connectivity index (χ2n) is 15.7. The third kappa shape index (κ3) is 5.26. The highest BCUT2D eigenvalue weighted by atomic mass is 15.2. The molecule has 0 bridgehead atoms. The highest BCUT2D eigenvalue weighted by Crippen LogP contribution is 2.56. The van der Waals surface area contributed by atoms with Crippen LogP contribution in [0.15, 0.2) is 224 Å². The van der Waals surface area contributed by atoms with E-state index in [-0.39, 0.29) is 12.0 Å². The zero-order valence-electron chi connectivity index (χ0n) is 32.4. The van der Waals surface area contributed by atoms with E-state index >= 15 is 0 Å². The van der Waals surface area contributed by atoms with Crippen LogP contribution in [0, 0.1) is 5.92 Å². The van der Waals surface area contributed by atoms with E-state index in [0.717, 1.165) is 0 Å². The molecule has 2 heteroatoms. The van der Waals surface area contributed by atoms with E-state index in [9.17, 15) is 0 Å². The smallest absolute Gasteiger partial charge is 0.0713 e. The summed E-state index contributed by atoms with van der Waals surface area (Å²) in [5.74, 6) is 0.231. The van der Waals surface area contributed by atoms with E-state index in [4.69, 9.17) is 0 Å². The molecule has 0 spiro atoms. The molecule has 0 radical (unpaired) electrons. The van der Waals surface area contributed by atoms with E-state index in [1.165, 1.54) is 83.4 Å². The number of aromatic nitrogens is 1. The number of benzene rings is 8. The minimum atomic E-state index is -0.396. The lowest BCUT2D eigenvalue weighted by atomic mass is 9.67. The summed E-state index contributed by atoms with van der Waals surface area (Å²) in [6.45, 7) is 2.36.